The molecule has 1 spiro atoms. The van der Waals surface area contributed by atoms with Crippen LogP contribution in [-0.2, 0) is 0 Å². The summed E-state index contributed by atoms with van der Waals surface area (Å²) in [6, 6.07) is 34.2. The Hall–Kier alpha value is -4.56. The molecule has 0 atom stereocenters. The molecule has 2 heterocycles. The summed E-state index contributed by atoms with van der Waals surface area (Å²) in [6.07, 6.45) is 8.32. The van der Waals surface area contributed by atoms with E-state index in [1.165, 1.54) is 43.1 Å². The summed E-state index contributed by atoms with van der Waals surface area (Å²) in [5, 5.41) is 9.83. The van der Waals surface area contributed by atoms with E-state index in [4.69, 9.17) is 9.47 Å². The number of fused-ring (bicyclic) bond motifs is 10. The van der Waals surface area contributed by atoms with Crippen LogP contribution in [0.15, 0.2) is 109 Å². The number of rotatable bonds is 0. The summed E-state index contributed by atoms with van der Waals surface area (Å²) in [5.41, 5.74) is 2.18. The molecule has 0 amide bonds. The lowest BCUT2D eigenvalue weighted by Gasteiger charge is -2.35. The molecule has 0 saturated heterocycles. The van der Waals surface area contributed by atoms with E-state index < -0.39 is 5.79 Å². The molecular formula is C33H20O2. The summed E-state index contributed by atoms with van der Waals surface area (Å²) >= 11 is 0. The van der Waals surface area contributed by atoms with Crippen LogP contribution < -0.4 is 9.47 Å². The third-order valence-corrected chi connectivity index (χ3v) is 7.36. The fraction of sp³-hybridized carbons (Fsp3) is 0.0303. The van der Waals surface area contributed by atoms with Crippen LogP contribution in [0.5, 0.6) is 11.5 Å². The summed E-state index contributed by atoms with van der Waals surface area (Å²) < 4.78 is 13.0. The van der Waals surface area contributed by atoms with Gasteiger partial charge in [0.1, 0.15) is 11.5 Å². The quantitative estimate of drug-likeness (QED) is 0.217. The number of hydrogen-bond donors (Lipinski definition) is 0. The molecule has 0 aliphatic carbocycles. The van der Waals surface area contributed by atoms with Crippen LogP contribution in [0.2, 0.25) is 0 Å². The molecule has 2 nitrogen and oxygen atoms in total. The zero-order valence-corrected chi connectivity index (χ0v) is 18.9. The predicted octanol–water partition coefficient (Wildman–Crippen LogP) is 8.51. The largest absolute Gasteiger partial charge is 0.445 e. The zero-order chi connectivity index (χ0) is 23.0. The molecule has 6 aromatic carbocycles. The van der Waals surface area contributed by atoms with Gasteiger partial charge in [-0.25, -0.2) is 0 Å². The zero-order valence-electron chi connectivity index (χ0n) is 18.9. The van der Waals surface area contributed by atoms with E-state index in [-0.39, 0.29) is 0 Å². The van der Waals surface area contributed by atoms with Crippen molar-refractivity contribution in [1.29, 1.82) is 0 Å². The Morgan fingerprint density at radius 2 is 0.857 bits per heavy atom. The van der Waals surface area contributed by atoms with Gasteiger partial charge in [0.15, 0.2) is 0 Å². The lowest BCUT2D eigenvalue weighted by Crippen LogP contribution is -2.41. The topological polar surface area (TPSA) is 18.5 Å². The van der Waals surface area contributed by atoms with Crippen LogP contribution in [0.25, 0.3) is 55.2 Å². The molecule has 0 bridgehead atoms. The van der Waals surface area contributed by atoms with Gasteiger partial charge in [-0.1, -0.05) is 84.9 Å². The number of hydrogen-bond acceptors (Lipinski definition) is 2. The van der Waals surface area contributed by atoms with E-state index in [9.17, 15) is 0 Å². The van der Waals surface area contributed by atoms with Crippen molar-refractivity contribution in [3.63, 3.8) is 0 Å². The van der Waals surface area contributed by atoms with Crippen LogP contribution in [0.3, 0.4) is 0 Å². The average molecular weight is 449 g/mol. The molecule has 2 aliphatic heterocycles. The molecule has 8 rings (SSSR count). The van der Waals surface area contributed by atoms with Crippen LogP contribution in [0.1, 0.15) is 11.1 Å². The van der Waals surface area contributed by atoms with Crippen LogP contribution in [-0.4, -0.2) is 5.79 Å². The standard InChI is InChI=1S/C33H20O2/c1-3-7-23-21(5-1)9-11-27-25(23)13-15-31-29(27)17-19-33(34-31)20-18-30-28-12-10-22-6-2-4-8-24(22)26(28)14-16-32(30)35-33/h1-20H. The lowest BCUT2D eigenvalue weighted by atomic mass is 9.94. The van der Waals surface area contributed by atoms with Crippen molar-refractivity contribution in [2.24, 2.45) is 0 Å². The first-order chi connectivity index (χ1) is 17.3. The first kappa shape index (κ1) is 18.8. The summed E-state index contributed by atoms with van der Waals surface area (Å²) in [7, 11) is 0. The van der Waals surface area contributed by atoms with Gasteiger partial charge in [-0.05, 0) is 67.4 Å². The molecule has 0 N–H and O–H groups in total. The van der Waals surface area contributed by atoms with Gasteiger partial charge in [-0.3, -0.25) is 0 Å². The molecule has 0 unspecified atom stereocenters. The minimum atomic E-state index is -0.949. The lowest BCUT2D eigenvalue weighted by molar-refractivity contribution is -0.0304. The normalized spacial score (nSPS) is 15.3. The predicted molar refractivity (Wildman–Crippen MR) is 145 cm³/mol. The molecule has 164 valence electrons. The second-order valence-corrected chi connectivity index (χ2v) is 9.31. The highest BCUT2D eigenvalue weighted by Gasteiger charge is 2.36. The third-order valence-electron chi connectivity index (χ3n) is 7.36. The smallest absolute Gasteiger partial charge is 0.291 e. The Morgan fingerprint density at radius 1 is 0.400 bits per heavy atom. The molecule has 0 radical (unpaired) electrons. The highest BCUT2D eigenvalue weighted by Crippen LogP contribution is 2.44. The van der Waals surface area contributed by atoms with Crippen molar-refractivity contribution in [3.05, 3.63) is 120 Å². The van der Waals surface area contributed by atoms with Gasteiger partial charge in [0, 0.05) is 23.3 Å². The van der Waals surface area contributed by atoms with Crippen molar-refractivity contribution >= 4 is 55.2 Å². The van der Waals surface area contributed by atoms with Crippen LogP contribution in [0.4, 0.5) is 0 Å². The molecular weight excluding hydrogens is 428 g/mol. The monoisotopic (exact) mass is 448 g/mol. The Balaban J connectivity index is 1.24. The summed E-state index contributed by atoms with van der Waals surface area (Å²) in [5.74, 6) is 0.708. The average Bonchev–Trinajstić information content (AvgIpc) is 2.92. The van der Waals surface area contributed by atoms with Gasteiger partial charge in [-0.2, -0.15) is 0 Å². The maximum absolute atomic E-state index is 6.52. The molecule has 2 heteroatoms. The minimum Gasteiger partial charge on any atom is -0.445 e. The van der Waals surface area contributed by atoms with E-state index in [2.05, 4.69) is 109 Å². The van der Waals surface area contributed by atoms with E-state index in [1.54, 1.807) is 0 Å². The molecule has 35 heavy (non-hydrogen) atoms. The van der Waals surface area contributed by atoms with Gasteiger partial charge in [0.2, 0.25) is 0 Å². The van der Waals surface area contributed by atoms with Crippen molar-refractivity contribution in [3.8, 4) is 11.5 Å². The van der Waals surface area contributed by atoms with Gasteiger partial charge in [0.05, 0.1) is 0 Å². The van der Waals surface area contributed by atoms with Crippen molar-refractivity contribution in [2.45, 2.75) is 5.79 Å². The van der Waals surface area contributed by atoms with Gasteiger partial charge >= 0.3 is 0 Å². The third kappa shape index (κ3) is 2.65. The Bertz CT molecular complexity index is 1770. The van der Waals surface area contributed by atoms with Crippen molar-refractivity contribution in [2.75, 3.05) is 0 Å². The van der Waals surface area contributed by atoms with E-state index in [1.807, 2.05) is 12.2 Å². The fourth-order valence-electron chi connectivity index (χ4n) is 5.66. The van der Waals surface area contributed by atoms with Crippen LogP contribution >= 0.6 is 0 Å². The molecule has 0 fully saturated rings. The summed E-state index contributed by atoms with van der Waals surface area (Å²) in [6.45, 7) is 0. The van der Waals surface area contributed by atoms with E-state index >= 15 is 0 Å². The maximum Gasteiger partial charge on any atom is 0.291 e. The Kier molecular flexibility index (Phi) is 3.62. The number of ether oxygens (including phenoxy) is 2. The fourth-order valence-corrected chi connectivity index (χ4v) is 5.66. The SMILES string of the molecule is C1=CC2(C=Cc3c(ccc4c3ccc3ccccc34)O2)Oc2ccc3c(ccc4ccccc43)c21. The molecule has 6 aromatic rings. The highest BCUT2D eigenvalue weighted by atomic mass is 16.7. The van der Waals surface area contributed by atoms with Crippen molar-refractivity contribution in [1.82, 2.24) is 0 Å². The minimum absolute atomic E-state index is 0.829. The second-order valence-electron chi connectivity index (χ2n) is 9.31. The first-order valence-electron chi connectivity index (χ1n) is 11.9. The molecule has 2 aliphatic rings. The summed E-state index contributed by atoms with van der Waals surface area (Å²) in [4.78, 5) is 0. The molecule has 0 saturated carbocycles. The van der Waals surface area contributed by atoms with Gasteiger partial charge in [-0.15, -0.1) is 0 Å². The van der Waals surface area contributed by atoms with E-state index in [0.29, 0.717) is 0 Å². The Morgan fingerprint density at radius 3 is 1.37 bits per heavy atom. The maximum atomic E-state index is 6.52. The van der Waals surface area contributed by atoms with Crippen LogP contribution in [0, 0.1) is 0 Å². The number of benzene rings is 6. The highest BCUT2D eigenvalue weighted by molar-refractivity contribution is 6.12. The molecule has 0 aromatic heterocycles. The van der Waals surface area contributed by atoms with E-state index in [0.717, 1.165) is 22.6 Å². The van der Waals surface area contributed by atoms with Gasteiger partial charge in [0.25, 0.3) is 5.79 Å². The first-order valence-corrected chi connectivity index (χ1v) is 11.9. The second kappa shape index (κ2) is 6.74. The van der Waals surface area contributed by atoms with Gasteiger partial charge < -0.3 is 9.47 Å². The Labute approximate surface area is 202 Å². The van der Waals surface area contributed by atoms with Crippen molar-refractivity contribution < 1.29 is 9.47 Å².